The van der Waals surface area contributed by atoms with Gasteiger partial charge in [0.05, 0.1) is 10.3 Å². The third kappa shape index (κ3) is 6.49. The predicted molar refractivity (Wildman–Crippen MR) is 212 cm³/mol. The van der Waals surface area contributed by atoms with E-state index in [9.17, 15) is 8.42 Å². The van der Waals surface area contributed by atoms with Gasteiger partial charge in [-0.3, -0.25) is 9.88 Å². The maximum atomic E-state index is 16.9. The molecule has 3 aromatic heterocycles. The van der Waals surface area contributed by atoms with Gasteiger partial charge in [0.1, 0.15) is 30.0 Å². The largest absolute Gasteiger partial charge is 0.462 e. The summed E-state index contributed by atoms with van der Waals surface area (Å²) in [5, 5.41) is 14.1. The van der Waals surface area contributed by atoms with Crippen molar-refractivity contribution in [2.24, 2.45) is 0 Å². The van der Waals surface area contributed by atoms with Crippen molar-refractivity contribution in [2.45, 2.75) is 67.1 Å². The summed E-state index contributed by atoms with van der Waals surface area (Å²) in [6.45, 7) is 2.45. The second-order valence-electron chi connectivity index (χ2n) is 15.5. The molecular formula is C40H40ClFN10O3S. The molecule has 6 aromatic rings. The standard InChI is InChI=1S/C40H40ClFN10O3S/c1-50-18-28(45-25-7-4-8-30(16-25)56(53,54)52-22-44-38(49-52)24-11-12-24)15-29(50)21-55-40-47-37-32(39(48-40)51-19-26-13-14-27(20-51)46-26)17-43-36(35(37)42)31-9-2-5-23-6-3-10-33(41)34(23)31/h2-10,16-17,22,24,26-29,45-46H,11-15,18-21H2,1H3/t26-,27+,28-,29+/m1/s1. The molecule has 288 valence electrons. The summed E-state index contributed by atoms with van der Waals surface area (Å²) < 4.78 is 50.9. The van der Waals surface area contributed by atoms with Crippen molar-refractivity contribution in [3.8, 4) is 17.3 Å². The number of hydrogen-bond donors (Lipinski definition) is 2. The fourth-order valence-corrected chi connectivity index (χ4v) is 9.91. The zero-order valence-electron chi connectivity index (χ0n) is 30.6. The second kappa shape index (κ2) is 13.9. The summed E-state index contributed by atoms with van der Waals surface area (Å²) in [5.74, 6) is 0.880. The van der Waals surface area contributed by atoms with Crippen LogP contribution in [0.5, 0.6) is 6.01 Å². The normalized spacial score (nSPS) is 22.7. The quantitative estimate of drug-likeness (QED) is 0.172. The Labute approximate surface area is 328 Å². The average molecular weight is 795 g/mol. The van der Waals surface area contributed by atoms with Gasteiger partial charge < -0.3 is 20.3 Å². The first kappa shape index (κ1) is 35.5. The number of halogens is 2. The molecule has 10 rings (SSSR count). The minimum Gasteiger partial charge on any atom is -0.462 e. The Morgan fingerprint density at radius 2 is 1.77 bits per heavy atom. The van der Waals surface area contributed by atoms with Gasteiger partial charge in [-0.1, -0.05) is 48.0 Å². The number of aromatic nitrogens is 6. The van der Waals surface area contributed by atoms with E-state index in [-0.39, 0.29) is 46.7 Å². The van der Waals surface area contributed by atoms with Gasteiger partial charge in [0.25, 0.3) is 10.0 Å². The van der Waals surface area contributed by atoms with E-state index in [0.29, 0.717) is 58.4 Å². The number of likely N-dealkylation sites (N-methyl/N-ethyl adjacent to an activating group) is 1. The molecule has 4 fully saturated rings. The Balaban J connectivity index is 0.905. The van der Waals surface area contributed by atoms with Gasteiger partial charge in [0.15, 0.2) is 11.6 Å². The van der Waals surface area contributed by atoms with E-state index >= 15 is 4.39 Å². The summed E-state index contributed by atoms with van der Waals surface area (Å²) in [6.07, 6.45) is 7.80. The van der Waals surface area contributed by atoms with Gasteiger partial charge in [-0.2, -0.15) is 18.4 Å². The monoisotopic (exact) mass is 794 g/mol. The number of pyridine rings is 1. The molecule has 2 bridgehead atoms. The van der Waals surface area contributed by atoms with Crippen LogP contribution in [0.4, 0.5) is 15.9 Å². The molecule has 2 N–H and O–H groups in total. The highest BCUT2D eigenvalue weighted by molar-refractivity contribution is 7.89. The van der Waals surface area contributed by atoms with Gasteiger partial charge >= 0.3 is 6.01 Å². The second-order valence-corrected chi connectivity index (χ2v) is 17.7. The van der Waals surface area contributed by atoms with Crippen LogP contribution in [0.2, 0.25) is 5.02 Å². The van der Waals surface area contributed by atoms with Crippen LogP contribution in [0.25, 0.3) is 32.9 Å². The zero-order chi connectivity index (χ0) is 38.1. The van der Waals surface area contributed by atoms with Crippen molar-refractivity contribution >= 4 is 54.8 Å². The molecular weight excluding hydrogens is 755 g/mol. The van der Waals surface area contributed by atoms with Crippen molar-refractivity contribution in [1.29, 1.82) is 0 Å². The zero-order valence-corrected chi connectivity index (χ0v) is 32.2. The maximum absolute atomic E-state index is 16.9. The van der Waals surface area contributed by atoms with Gasteiger partial charge in [0.2, 0.25) is 0 Å². The minimum absolute atomic E-state index is 0.0103. The molecule has 3 aromatic carbocycles. The molecule has 0 spiro atoms. The van der Waals surface area contributed by atoms with Crippen LogP contribution in [0.1, 0.15) is 43.8 Å². The summed E-state index contributed by atoms with van der Waals surface area (Å²) in [5.41, 5.74) is 1.59. The fraction of sp³-hybridized carbons (Fsp3) is 0.375. The first-order valence-electron chi connectivity index (χ1n) is 19.1. The van der Waals surface area contributed by atoms with Crippen LogP contribution in [-0.4, -0.2) is 99.9 Å². The Bertz CT molecular complexity index is 2590. The number of piperazine rings is 1. The van der Waals surface area contributed by atoms with E-state index in [4.69, 9.17) is 26.3 Å². The lowest BCUT2D eigenvalue weighted by Crippen LogP contribution is -2.51. The maximum Gasteiger partial charge on any atom is 0.319 e. The first-order valence-corrected chi connectivity index (χ1v) is 20.9. The van der Waals surface area contributed by atoms with Crippen LogP contribution in [0, 0.1) is 5.82 Å². The smallest absolute Gasteiger partial charge is 0.319 e. The van der Waals surface area contributed by atoms with Crippen molar-refractivity contribution in [3.05, 3.63) is 89.9 Å². The fourth-order valence-electron chi connectivity index (χ4n) is 8.52. The number of nitrogens with one attached hydrogen (secondary N) is 2. The van der Waals surface area contributed by atoms with Crippen LogP contribution >= 0.6 is 11.6 Å². The van der Waals surface area contributed by atoms with Gasteiger partial charge in [-0.05, 0) is 68.8 Å². The van der Waals surface area contributed by atoms with E-state index in [1.54, 1.807) is 30.5 Å². The number of likely N-dealkylation sites (tertiary alicyclic amines) is 1. The molecule has 0 unspecified atom stereocenters. The van der Waals surface area contributed by atoms with Crippen molar-refractivity contribution in [3.63, 3.8) is 0 Å². The first-order chi connectivity index (χ1) is 27.2. The van der Waals surface area contributed by atoms with Crippen molar-refractivity contribution < 1.29 is 17.5 Å². The number of hydrogen-bond acceptors (Lipinski definition) is 12. The number of nitrogens with zero attached hydrogens (tertiary/aromatic N) is 8. The summed E-state index contributed by atoms with van der Waals surface area (Å²) in [7, 11) is -1.87. The number of benzene rings is 3. The van der Waals surface area contributed by atoms with E-state index in [2.05, 4.69) is 35.5 Å². The molecule has 56 heavy (non-hydrogen) atoms. The van der Waals surface area contributed by atoms with E-state index in [1.807, 2.05) is 43.4 Å². The third-order valence-corrected chi connectivity index (χ3v) is 13.4. The van der Waals surface area contributed by atoms with Crippen molar-refractivity contribution in [1.82, 2.24) is 39.3 Å². The van der Waals surface area contributed by atoms with Crippen LogP contribution in [0.3, 0.4) is 0 Å². The Morgan fingerprint density at radius 1 is 0.982 bits per heavy atom. The molecule has 3 saturated heterocycles. The minimum atomic E-state index is -3.89. The van der Waals surface area contributed by atoms with Gasteiger partial charge in [-0.25, -0.2) is 9.37 Å². The topological polar surface area (TPSA) is 143 Å². The molecule has 16 heteroatoms. The highest BCUT2D eigenvalue weighted by Gasteiger charge is 2.35. The molecule has 3 aliphatic heterocycles. The van der Waals surface area contributed by atoms with Gasteiger partial charge in [-0.15, -0.1) is 9.19 Å². The molecule has 6 heterocycles. The molecule has 4 aliphatic rings. The number of rotatable bonds is 10. The Hall–Kier alpha value is -4.96. The van der Waals surface area contributed by atoms with Crippen LogP contribution in [-0.2, 0) is 10.0 Å². The third-order valence-electron chi connectivity index (χ3n) is 11.5. The summed E-state index contributed by atoms with van der Waals surface area (Å²) in [4.78, 5) is 23.0. The lowest BCUT2D eigenvalue weighted by molar-refractivity contribution is 0.188. The molecule has 13 nitrogen and oxygen atoms in total. The Morgan fingerprint density at radius 3 is 2.57 bits per heavy atom. The van der Waals surface area contributed by atoms with Crippen LogP contribution in [0.15, 0.2) is 78.1 Å². The molecule has 1 saturated carbocycles. The molecule has 0 amide bonds. The molecule has 4 atom stereocenters. The SMILES string of the molecule is CN1C[C@H](Nc2cccc(S(=O)(=O)n3cnc(C4CC4)n3)c2)C[C@H]1COc1nc(N2C[C@H]3CC[C@@H](C2)N3)c2cnc(-c3cccc4cccc(Cl)c34)c(F)c2n1. The number of ether oxygens (including phenoxy) is 1. The summed E-state index contributed by atoms with van der Waals surface area (Å²) >= 11 is 6.65. The highest BCUT2D eigenvalue weighted by Crippen LogP contribution is 2.39. The molecule has 1 aliphatic carbocycles. The van der Waals surface area contributed by atoms with Crippen molar-refractivity contribution in [2.75, 3.05) is 43.5 Å². The highest BCUT2D eigenvalue weighted by atomic mass is 35.5. The lowest BCUT2D eigenvalue weighted by Gasteiger charge is -2.34. The number of fused-ring (bicyclic) bond motifs is 4. The molecule has 0 radical (unpaired) electrons. The average Bonchev–Trinajstić information content (AvgIpc) is 3.66. The lowest BCUT2D eigenvalue weighted by atomic mass is 10.0. The van der Waals surface area contributed by atoms with Crippen LogP contribution < -0.4 is 20.3 Å². The van der Waals surface area contributed by atoms with Gasteiger partial charge in [0, 0.05) is 77.6 Å². The predicted octanol–water partition coefficient (Wildman–Crippen LogP) is 5.85. The Kier molecular flexibility index (Phi) is 8.80. The number of anilines is 2. The van der Waals surface area contributed by atoms with E-state index in [0.717, 1.165) is 53.6 Å². The van der Waals surface area contributed by atoms with E-state index in [1.165, 1.54) is 6.33 Å². The van der Waals surface area contributed by atoms with E-state index < -0.39 is 15.8 Å². The summed E-state index contributed by atoms with van der Waals surface area (Å²) in [6, 6.07) is 18.8.